The molecular weight excluding hydrogens is 498 g/mol. The molecule has 0 bridgehead atoms. The van der Waals surface area contributed by atoms with Gasteiger partial charge >= 0.3 is 0 Å². The number of aryl methyl sites for hydroxylation is 1. The number of aromatic nitrogens is 4. The molecule has 3 aromatic rings. The number of ether oxygens (including phenoxy) is 2. The van der Waals surface area contributed by atoms with Gasteiger partial charge in [-0.3, -0.25) is 4.79 Å². The van der Waals surface area contributed by atoms with Gasteiger partial charge in [-0.2, -0.15) is 4.31 Å². The molecule has 0 aliphatic carbocycles. The van der Waals surface area contributed by atoms with Crippen molar-refractivity contribution in [2.45, 2.75) is 63.4 Å². The summed E-state index contributed by atoms with van der Waals surface area (Å²) in [5.41, 5.74) is -0.316. The maximum absolute atomic E-state index is 13.5. The van der Waals surface area contributed by atoms with Gasteiger partial charge in [0.15, 0.2) is 11.3 Å². The number of sulfonamides is 1. The highest BCUT2D eigenvalue weighted by atomic mass is 32.2. The summed E-state index contributed by atoms with van der Waals surface area (Å²) in [5, 5.41) is 15.4. The van der Waals surface area contributed by atoms with E-state index in [0.29, 0.717) is 35.0 Å². The van der Waals surface area contributed by atoms with Crippen LogP contribution in [-0.4, -0.2) is 76.4 Å². The van der Waals surface area contributed by atoms with E-state index in [2.05, 4.69) is 23.8 Å². The third-order valence-corrected chi connectivity index (χ3v) is 8.75. The number of hydrogen-bond donors (Lipinski definition) is 2. The number of aliphatic hydroxyl groups is 1. The Morgan fingerprint density at radius 1 is 1.24 bits per heavy atom. The summed E-state index contributed by atoms with van der Waals surface area (Å²) in [6.45, 7) is 8.20. The van der Waals surface area contributed by atoms with Crippen LogP contribution in [0.2, 0.25) is 0 Å². The molecule has 202 valence electrons. The first-order chi connectivity index (χ1) is 17.6. The zero-order valence-corrected chi connectivity index (χ0v) is 22.8. The molecule has 0 radical (unpaired) electrons. The molecule has 0 saturated carbocycles. The minimum absolute atomic E-state index is 0.0115. The molecule has 1 unspecified atom stereocenters. The summed E-state index contributed by atoms with van der Waals surface area (Å²) >= 11 is 0. The van der Waals surface area contributed by atoms with Crippen molar-refractivity contribution in [2.24, 2.45) is 0 Å². The Morgan fingerprint density at radius 2 is 1.97 bits per heavy atom. The number of imidazole rings is 1. The highest BCUT2D eigenvalue weighted by molar-refractivity contribution is 7.89. The van der Waals surface area contributed by atoms with E-state index >= 15 is 0 Å². The number of aromatic amines is 1. The number of β-amino-alcohol motifs (C(OH)–C–C–N with tert-alkyl or cyclic N) is 1. The fraction of sp³-hybridized carbons (Fsp3) is 0.560. The molecule has 12 heteroatoms. The summed E-state index contributed by atoms with van der Waals surface area (Å²) in [5.74, 6) is 1.38. The van der Waals surface area contributed by atoms with E-state index in [1.807, 2.05) is 6.92 Å². The molecule has 0 spiro atoms. The summed E-state index contributed by atoms with van der Waals surface area (Å²) < 4.78 is 40.7. The summed E-state index contributed by atoms with van der Waals surface area (Å²) in [7, 11) is -2.48. The van der Waals surface area contributed by atoms with Gasteiger partial charge in [0.05, 0.1) is 29.4 Å². The van der Waals surface area contributed by atoms with Gasteiger partial charge in [-0.15, -0.1) is 5.10 Å². The SMILES string of the molecule is CCOc1ccc(S(=O)(=O)N2CCC(O)(COC)C2)cc1-c1nn2c(C(CC)CC)nc(C)c2c(=O)[nH]1. The second-order valence-electron chi connectivity index (χ2n) is 9.47. The third-order valence-electron chi connectivity index (χ3n) is 6.91. The smallest absolute Gasteiger partial charge is 0.277 e. The Morgan fingerprint density at radius 3 is 2.62 bits per heavy atom. The van der Waals surface area contributed by atoms with Crippen LogP contribution in [0.15, 0.2) is 27.9 Å². The fourth-order valence-electron chi connectivity index (χ4n) is 4.93. The van der Waals surface area contributed by atoms with Crippen molar-refractivity contribution in [3.8, 4) is 17.1 Å². The number of rotatable bonds is 10. The lowest BCUT2D eigenvalue weighted by molar-refractivity contribution is -0.0187. The second-order valence-corrected chi connectivity index (χ2v) is 11.4. The summed E-state index contributed by atoms with van der Waals surface area (Å²) in [6.07, 6.45) is 1.94. The van der Waals surface area contributed by atoms with Crippen LogP contribution in [0, 0.1) is 6.92 Å². The van der Waals surface area contributed by atoms with Crippen LogP contribution in [0.1, 0.15) is 57.5 Å². The van der Waals surface area contributed by atoms with E-state index in [0.717, 1.165) is 12.8 Å². The normalized spacial score (nSPS) is 18.8. The Bertz CT molecular complexity index is 1450. The molecule has 2 aromatic heterocycles. The molecule has 1 fully saturated rings. The van der Waals surface area contributed by atoms with Crippen molar-refractivity contribution >= 4 is 15.5 Å². The zero-order valence-electron chi connectivity index (χ0n) is 21.9. The lowest BCUT2D eigenvalue weighted by Gasteiger charge is -2.22. The van der Waals surface area contributed by atoms with Crippen molar-refractivity contribution in [1.29, 1.82) is 0 Å². The van der Waals surface area contributed by atoms with Crippen molar-refractivity contribution in [3.05, 3.63) is 40.1 Å². The number of fused-ring (bicyclic) bond motifs is 1. The highest BCUT2D eigenvalue weighted by Crippen LogP contribution is 2.34. The van der Waals surface area contributed by atoms with Gasteiger partial charge in [0.25, 0.3) is 5.56 Å². The Hall–Kier alpha value is -2.80. The molecule has 1 aliphatic heterocycles. The highest BCUT2D eigenvalue weighted by Gasteiger charge is 2.42. The van der Waals surface area contributed by atoms with E-state index in [4.69, 9.17) is 14.6 Å². The lowest BCUT2D eigenvalue weighted by atomic mass is 10.0. The predicted octanol–water partition coefficient (Wildman–Crippen LogP) is 2.47. The molecule has 11 nitrogen and oxygen atoms in total. The zero-order chi connectivity index (χ0) is 27.0. The molecule has 1 saturated heterocycles. The van der Waals surface area contributed by atoms with E-state index < -0.39 is 15.6 Å². The molecule has 37 heavy (non-hydrogen) atoms. The largest absolute Gasteiger partial charge is 0.493 e. The average molecular weight is 534 g/mol. The first kappa shape index (κ1) is 27.2. The number of nitrogens with zero attached hydrogens (tertiary/aromatic N) is 4. The van der Waals surface area contributed by atoms with E-state index in [9.17, 15) is 18.3 Å². The monoisotopic (exact) mass is 533 g/mol. The third kappa shape index (κ3) is 5.02. The molecule has 1 aromatic carbocycles. The first-order valence-corrected chi connectivity index (χ1v) is 14.0. The molecule has 0 amide bonds. The average Bonchev–Trinajstić information content (AvgIpc) is 3.41. The topological polar surface area (TPSA) is 139 Å². The van der Waals surface area contributed by atoms with Crippen molar-refractivity contribution in [1.82, 2.24) is 23.9 Å². The van der Waals surface area contributed by atoms with Gasteiger partial charge in [-0.05, 0) is 51.3 Å². The molecular formula is C25H35N5O6S. The number of benzene rings is 1. The quantitative estimate of drug-likeness (QED) is 0.405. The summed E-state index contributed by atoms with van der Waals surface area (Å²) in [4.78, 5) is 20.6. The van der Waals surface area contributed by atoms with Gasteiger partial charge in [0.2, 0.25) is 10.0 Å². The van der Waals surface area contributed by atoms with Crippen LogP contribution < -0.4 is 10.3 Å². The van der Waals surface area contributed by atoms with Crippen LogP contribution >= 0.6 is 0 Å². The van der Waals surface area contributed by atoms with Gasteiger partial charge in [0, 0.05) is 26.1 Å². The first-order valence-electron chi connectivity index (χ1n) is 12.6. The van der Waals surface area contributed by atoms with Crippen LogP contribution in [0.5, 0.6) is 5.75 Å². The van der Waals surface area contributed by atoms with Gasteiger partial charge in [-0.25, -0.2) is 17.9 Å². The van der Waals surface area contributed by atoms with Crippen molar-refractivity contribution < 1.29 is 23.0 Å². The molecule has 1 atom stereocenters. The maximum atomic E-state index is 13.5. The maximum Gasteiger partial charge on any atom is 0.277 e. The molecule has 2 N–H and O–H groups in total. The fourth-order valence-corrected chi connectivity index (χ4v) is 6.48. The number of nitrogens with one attached hydrogen (secondary N) is 1. The minimum atomic E-state index is -3.94. The standard InChI is InChI=1S/C25H35N5O6S/c1-6-17(7-2)23-26-16(4)21-24(31)27-22(28-30(21)23)19-13-18(9-10-20(19)36-8-3)37(33,34)29-12-11-25(32,14-29)15-35-5/h9-10,13,17,32H,6-8,11-12,14-15H2,1-5H3,(H,27,28,31). The number of H-pyrrole nitrogens is 1. The summed E-state index contributed by atoms with van der Waals surface area (Å²) in [6, 6.07) is 4.48. The second kappa shape index (κ2) is 10.5. The van der Waals surface area contributed by atoms with Crippen molar-refractivity contribution in [3.63, 3.8) is 0 Å². The Kier molecular flexibility index (Phi) is 7.75. The van der Waals surface area contributed by atoms with E-state index in [1.54, 1.807) is 17.5 Å². The van der Waals surface area contributed by atoms with Crippen molar-refractivity contribution in [2.75, 3.05) is 33.4 Å². The van der Waals surface area contributed by atoms with Gasteiger partial charge in [-0.1, -0.05) is 13.8 Å². The number of hydrogen-bond acceptors (Lipinski definition) is 8. The molecule has 3 heterocycles. The van der Waals surface area contributed by atoms with Gasteiger partial charge in [0.1, 0.15) is 17.2 Å². The van der Waals surface area contributed by atoms with Crippen LogP contribution in [-0.2, 0) is 14.8 Å². The lowest BCUT2D eigenvalue weighted by Crippen LogP contribution is -2.39. The Labute approximate surface area is 216 Å². The predicted molar refractivity (Wildman–Crippen MR) is 138 cm³/mol. The Balaban J connectivity index is 1.85. The van der Waals surface area contributed by atoms with Crippen LogP contribution in [0.4, 0.5) is 0 Å². The minimum Gasteiger partial charge on any atom is -0.493 e. The number of methoxy groups -OCH3 is 1. The molecule has 4 rings (SSSR count). The van der Waals surface area contributed by atoms with E-state index in [-0.39, 0.29) is 48.3 Å². The van der Waals surface area contributed by atoms with E-state index in [1.165, 1.54) is 23.5 Å². The van der Waals surface area contributed by atoms with Gasteiger partial charge < -0.3 is 19.6 Å². The molecule has 1 aliphatic rings. The van der Waals surface area contributed by atoms with Crippen LogP contribution in [0.3, 0.4) is 0 Å². The van der Waals surface area contributed by atoms with Crippen LogP contribution in [0.25, 0.3) is 16.9 Å².